The Morgan fingerprint density at radius 3 is 2.62 bits per heavy atom. The molecular formula is C21H24FN7O2S. The van der Waals surface area contributed by atoms with Crippen LogP contribution in [0.15, 0.2) is 65.7 Å². The van der Waals surface area contributed by atoms with Crippen LogP contribution in [0.25, 0.3) is 0 Å². The molecule has 0 aliphatic heterocycles. The van der Waals surface area contributed by atoms with Crippen LogP contribution in [0.2, 0.25) is 0 Å². The van der Waals surface area contributed by atoms with Crippen molar-refractivity contribution in [3.63, 3.8) is 0 Å². The number of carbonyl (C=O) groups is 1. The first-order chi connectivity index (χ1) is 15.2. The molecule has 0 saturated heterocycles. The number of aromatic nitrogens is 3. The van der Waals surface area contributed by atoms with Gasteiger partial charge in [0.2, 0.25) is 5.95 Å². The zero-order chi connectivity index (χ0) is 23.1. The van der Waals surface area contributed by atoms with Crippen molar-refractivity contribution in [2.45, 2.75) is 0 Å². The van der Waals surface area contributed by atoms with Gasteiger partial charge in [0.25, 0.3) is 5.91 Å². The molecule has 0 atom stereocenters. The largest absolute Gasteiger partial charge is 0.348 e. The first-order valence-electron chi connectivity index (χ1n) is 9.43. The van der Waals surface area contributed by atoms with E-state index in [1.807, 2.05) is 0 Å². The van der Waals surface area contributed by atoms with E-state index in [-0.39, 0.29) is 36.9 Å². The van der Waals surface area contributed by atoms with Crippen LogP contribution in [-0.4, -0.2) is 44.1 Å². The molecule has 3 N–H and O–H groups in total. The molecule has 168 valence electrons. The van der Waals surface area contributed by atoms with Gasteiger partial charge in [-0.3, -0.25) is 4.79 Å². The van der Waals surface area contributed by atoms with Gasteiger partial charge in [0.15, 0.2) is 5.82 Å². The highest BCUT2D eigenvalue weighted by Crippen LogP contribution is 2.22. The van der Waals surface area contributed by atoms with Gasteiger partial charge < -0.3 is 16.0 Å². The zero-order valence-corrected chi connectivity index (χ0v) is 18.3. The summed E-state index contributed by atoms with van der Waals surface area (Å²) >= 11 is 0. The lowest BCUT2D eigenvalue weighted by Gasteiger charge is -2.13. The molecule has 0 aliphatic carbocycles. The van der Waals surface area contributed by atoms with Crippen molar-refractivity contribution < 1.29 is 14.8 Å². The summed E-state index contributed by atoms with van der Waals surface area (Å²) in [5.74, 6) is 0.217. The fraction of sp³-hybridized carbons (Fsp3) is 0.143. The number of hydrogen-bond donors (Lipinski definition) is 3. The number of anilines is 4. The Morgan fingerprint density at radius 1 is 1.19 bits per heavy atom. The van der Waals surface area contributed by atoms with E-state index in [0.29, 0.717) is 11.5 Å². The fourth-order valence-corrected chi connectivity index (χ4v) is 3.07. The lowest BCUT2D eigenvalue weighted by Crippen LogP contribution is -2.25. The molecule has 0 saturated carbocycles. The summed E-state index contributed by atoms with van der Waals surface area (Å²) in [6.07, 6.45) is 5.93. The minimum absolute atomic E-state index is 0. The van der Waals surface area contributed by atoms with Gasteiger partial charge in [0.1, 0.15) is 23.0 Å². The monoisotopic (exact) mass is 457 g/mol. The Morgan fingerprint density at radius 2 is 1.94 bits per heavy atom. The smallest absolute Gasteiger partial charge is 0.256 e. The van der Waals surface area contributed by atoms with E-state index in [1.165, 1.54) is 43.0 Å². The van der Waals surface area contributed by atoms with Crippen molar-refractivity contribution in [3.05, 3.63) is 72.7 Å². The van der Waals surface area contributed by atoms with Crippen molar-refractivity contribution in [3.8, 4) is 0 Å². The van der Waals surface area contributed by atoms with E-state index < -0.39 is 15.6 Å². The molecule has 1 aromatic carbocycles. The molecule has 11 heteroatoms. The van der Waals surface area contributed by atoms with Crippen LogP contribution in [0.1, 0.15) is 11.8 Å². The molecule has 0 unspecified atom stereocenters. The average Bonchev–Trinajstić information content (AvgIpc) is 2.73. The number of amides is 1. The molecule has 1 amide bonds. The SMILES string of the molecule is C=CCNC(=O)c1cnc(Nc2ccc(F)cc2)nc1Nc1cccc(N=S(C)(C)=O)n1.[HH]. The van der Waals surface area contributed by atoms with Crippen molar-refractivity contribution in [1.82, 2.24) is 20.3 Å². The van der Waals surface area contributed by atoms with Gasteiger partial charge in [-0.1, -0.05) is 12.1 Å². The van der Waals surface area contributed by atoms with Gasteiger partial charge in [-0.15, -0.1) is 6.58 Å². The van der Waals surface area contributed by atoms with Gasteiger partial charge in [0, 0.05) is 42.1 Å². The number of nitrogens with zero attached hydrogens (tertiary/aromatic N) is 4. The van der Waals surface area contributed by atoms with Crippen molar-refractivity contribution in [1.29, 1.82) is 0 Å². The molecule has 0 bridgehead atoms. The van der Waals surface area contributed by atoms with Crippen molar-refractivity contribution in [2.75, 3.05) is 29.7 Å². The maximum absolute atomic E-state index is 13.2. The predicted molar refractivity (Wildman–Crippen MR) is 126 cm³/mol. The summed E-state index contributed by atoms with van der Waals surface area (Å²) in [6, 6.07) is 10.7. The van der Waals surface area contributed by atoms with Crippen LogP contribution in [0.5, 0.6) is 0 Å². The van der Waals surface area contributed by atoms with E-state index in [4.69, 9.17) is 0 Å². The molecule has 0 fully saturated rings. The second-order valence-corrected chi connectivity index (χ2v) is 9.41. The Hall–Kier alpha value is -3.86. The maximum atomic E-state index is 13.2. The fourth-order valence-electron chi connectivity index (χ4n) is 2.52. The van der Waals surface area contributed by atoms with Gasteiger partial charge in [-0.2, -0.15) is 9.35 Å². The van der Waals surface area contributed by atoms with Crippen molar-refractivity contribution >= 4 is 44.7 Å². The topological polar surface area (TPSA) is 121 Å². The Labute approximate surface area is 186 Å². The van der Waals surface area contributed by atoms with Crippen LogP contribution in [0, 0.1) is 5.82 Å². The molecule has 0 radical (unpaired) electrons. The summed E-state index contributed by atoms with van der Waals surface area (Å²) in [7, 11) is -2.39. The van der Waals surface area contributed by atoms with Crippen LogP contribution in [-0.2, 0) is 9.73 Å². The summed E-state index contributed by atoms with van der Waals surface area (Å²) in [4.78, 5) is 25.4. The summed E-state index contributed by atoms with van der Waals surface area (Å²) in [6.45, 7) is 3.85. The first kappa shape index (κ1) is 22.8. The molecule has 0 spiro atoms. The lowest BCUT2D eigenvalue weighted by molar-refractivity contribution is 0.0958. The first-order valence-corrected chi connectivity index (χ1v) is 11.8. The maximum Gasteiger partial charge on any atom is 0.256 e. The second kappa shape index (κ2) is 9.96. The normalized spacial score (nSPS) is 10.8. The molecule has 3 aromatic rings. The Kier molecular flexibility index (Phi) is 7.11. The highest BCUT2D eigenvalue weighted by Gasteiger charge is 2.15. The van der Waals surface area contributed by atoms with Crippen LogP contribution < -0.4 is 16.0 Å². The number of nitrogens with one attached hydrogen (secondary N) is 3. The van der Waals surface area contributed by atoms with Gasteiger partial charge in [-0.25, -0.2) is 18.6 Å². The van der Waals surface area contributed by atoms with Gasteiger partial charge >= 0.3 is 0 Å². The standard InChI is InChI=1S/C21H22FN7O2S.H2/c1-4-12-23-20(30)16-13-24-21(25-15-10-8-14(22)9-11-15)28-19(16)27-17-6-5-7-18(26-17)29-32(2,3)31;/h4-11,13H,1,12H2,2-3H3,(H,23,30)(H2,24,25,26,27,28);1H. The molecule has 3 rings (SSSR count). The summed E-state index contributed by atoms with van der Waals surface area (Å²) < 4.78 is 29.2. The molecule has 0 aliphatic rings. The highest BCUT2D eigenvalue weighted by atomic mass is 32.2. The summed E-state index contributed by atoms with van der Waals surface area (Å²) in [5, 5.41) is 8.62. The third-order valence-corrected chi connectivity index (χ3v) is 4.46. The number of benzene rings is 1. The Bertz CT molecular complexity index is 1250. The highest BCUT2D eigenvalue weighted by molar-refractivity contribution is 7.92. The van der Waals surface area contributed by atoms with Gasteiger partial charge in [0.05, 0.1) is 0 Å². The average molecular weight is 458 g/mol. The van der Waals surface area contributed by atoms with Crippen LogP contribution >= 0.6 is 0 Å². The van der Waals surface area contributed by atoms with E-state index in [1.54, 1.807) is 24.3 Å². The van der Waals surface area contributed by atoms with Crippen LogP contribution in [0.3, 0.4) is 0 Å². The Balaban J connectivity index is 0.00000385. The molecule has 9 nitrogen and oxygen atoms in total. The quantitative estimate of drug-likeness (QED) is 0.437. The molecule has 2 aromatic heterocycles. The minimum atomic E-state index is -2.39. The van der Waals surface area contributed by atoms with E-state index in [9.17, 15) is 13.4 Å². The predicted octanol–water partition coefficient (Wildman–Crippen LogP) is 4.02. The number of carbonyl (C=O) groups excluding carboxylic acids is 1. The second-order valence-electron chi connectivity index (χ2n) is 6.87. The number of halogens is 1. The third kappa shape index (κ3) is 6.57. The minimum Gasteiger partial charge on any atom is -0.348 e. The number of rotatable bonds is 8. The van der Waals surface area contributed by atoms with Crippen LogP contribution in [0.4, 0.5) is 33.5 Å². The lowest BCUT2D eigenvalue weighted by atomic mass is 10.2. The zero-order valence-electron chi connectivity index (χ0n) is 17.5. The van der Waals surface area contributed by atoms with E-state index in [0.717, 1.165) is 0 Å². The molecular weight excluding hydrogens is 433 g/mol. The van der Waals surface area contributed by atoms with E-state index in [2.05, 4.69) is 41.8 Å². The number of hydrogen-bond acceptors (Lipinski definition) is 8. The molecule has 32 heavy (non-hydrogen) atoms. The van der Waals surface area contributed by atoms with Gasteiger partial charge in [-0.05, 0) is 36.4 Å². The third-order valence-electron chi connectivity index (χ3n) is 3.83. The van der Waals surface area contributed by atoms with E-state index >= 15 is 0 Å². The number of pyridine rings is 1. The summed E-state index contributed by atoms with van der Waals surface area (Å²) in [5.41, 5.74) is 0.746. The van der Waals surface area contributed by atoms with Crippen molar-refractivity contribution in [2.24, 2.45) is 4.36 Å². The molecule has 2 heterocycles.